The van der Waals surface area contributed by atoms with Gasteiger partial charge in [0.15, 0.2) is 0 Å². The normalized spacial score (nSPS) is 16.7. The van der Waals surface area contributed by atoms with Crippen molar-refractivity contribution in [2.75, 3.05) is 26.5 Å². The van der Waals surface area contributed by atoms with Crippen molar-refractivity contribution in [2.45, 2.75) is 36.8 Å². The molecule has 0 radical (unpaired) electrons. The Bertz CT molecular complexity index is 505. The maximum absolute atomic E-state index is 12.5. The summed E-state index contributed by atoms with van der Waals surface area (Å²) in [5.41, 5.74) is 1.72. The largest absolute Gasteiger partial charge is 0.368 e. The average molecular weight is 345 g/mol. The number of benzene rings is 1. The number of carbonyl (C=O) groups excluding carboxylic acids is 1. The summed E-state index contributed by atoms with van der Waals surface area (Å²) in [7, 11) is 1.63. The van der Waals surface area contributed by atoms with E-state index in [0.717, 1.165) is 31.5 Å². The zero-order valence-electron chi connectivity index (χ0n) is 13.4. The fraction of sp³-hybridized carbons (Fsp3) is 0.562. The highest BCUT2D eigenvalue weighted by Gasteiger charge is 2.39. The van der Waals surface area contributed by atoms with E-state index in [4.69, 9.17) is 4.74 Å². The van der Waals surface area contributed by atoms with Gasteiger partial charge in [-0.15, -0.1) is 24.2 Å². The van der Waals surface area contributed by atoms with Gasteiger partial charge in [-0.25, -0.2) is 0 Å². The number of rotatable bonds is 5. The number of ether oxygens (including phenoxy) is 1. The van der Waals surface area contributed by atoms with Crippen LogP contribution in [0.5, 0.6) is 0 Å². The second-order valence-corrected chi connectivity index (χ2v) is 6.29. The lowest BCUT2D eigenvalue weighted by Crippen LogP contribution is -2.53. The lowest BCUT2D eigenvalue weighted by Gasteiger charge is -2.34. The number of methoxy groups -OCH3 is 1. The first-order chi connectivity index (χ1) is 10.1. The van der Waals surface area contributed by atoms with Gasteiger partial charge in [-0.1, -0.05) is 12.1 Å². The molecule has 0 unspecified atom stereocenters. The summed E-state index contributed by atoms with van der Waals surface area (Å²) in [6.07, 6.45) is 3.50. The van der Waals surface area contributed by atoms with Crippen LogP contribution in [0, 0.1) is 6.92 Å². The third-order valence-corrected chi connectivity index (χ3v) is 4.92. The van der Waals surface area contributed by atoms with Crippen molar-refractivity contribution in [2.24, 2.45) is 0 Å². The molecule has 1 fully saturated rings. The lowest BCUT2D eigenvalue weighted by atomic mass is 9.91. The van der Waals surface area contributed by atoms with E-state index in [2.05, 4.69) is 42.0 Å². The number of hydrogen-bond acceptors (Lipinski definition) is 4. The minimum Gasteiger partial charge on any atom is -0.368 e. The molecule has 0 bridgehead atoms. The third-order valence-electron chi connectivity index (χ3n) is 4.10. The van der Waals surface area contributed by atoms with Crippen molar-refractivity contribution in [3.8, 4) is 0 Å². The molecule has 1 heterocycles. The van der Waals surface area contributed by atoms with Crippen molar-refractivity contribution in [3.05, 3.63) is 29.3 Å². The number of carbonyl (C=O) groups is 1. The Kier molecular flexibility index (Phi) is 7.69. The van der Waals surface area contributed by atoms with Crippen LogP contribution in [0.15, 0.2) is 23.1 Å². The standard InChI is InChI=1S/C16H24N2O2S.ClH/c1-12-4-5-13(14(10-12)21-3)11-18-15(19)16(20-2)6-8-17-9-7-16;/h4-5,10,17H,6-9,11H2,1-3H3,(H,18,19);1H. The molecular formula is C16H25ClN2O2S. The highest BCUT2D eigenvalue weighted by molar-refractivity contribution is 7.98. The number of nitrogens with one attached hydrogen (secondary N) is 2. The number of piperidine rings is 1. The zero-order valence-corrected chi connectivity index (χ0v) is 15.0. The van der Waals surface area contributed by atoms with Crippen LogP contribution < -0.4 is 10.6 Å². The molecule has 0 atom stereocenters. The minimum absolute atomic E-state index is 0. The summed E-state index contributed by atoms with van der Waals surface area (Å²) in [6.45, 7) is 4.27. The number of hydrogen-bond donors (Lipinski definition) is 2. The molecule has 22 heavy (non-hydrogen) atoms. The van der Waals surface area contributed by atoms with E-state index >= 15 is 0 Å². The summed E-state index contributed by atoms with van der Waals surface area (Å²) in [6, 6.07) is 6.32. The molecule has 1 aromatic rings. The highest BCUT2D eigenvalue weighted by atomic mass is 35.5. The van der Waals surface area contributed by atoms with Crippen molar-refractivity contribution in [3.63, 3.8) is 0 Å². The number of amides is 1. The monoisotopic (exact) mass is 344 g/mol. The number of thioether (sulfide) groups is 1. The molecule has 0 saturated carbocycles. The first kappa shape index (κ1) is 19.3. The molecular weight excluding hydrogens is 320 g/mol. The summed E-state index contributed by atoms with van der Waals surface area (Å²) in [5, 5.41) is 6.31. The lowest BCUT2D eigenvalue weighted by molar-refractivity contribution is -0.146. The van der Waals surface area contributed by atoms with Crippen LogP contribution >= 0.6 is 24.2 Å². The van der Waals surface area contributed by atoms with Gasteiger partial charge in [0.05, 0.1) is 0 Å². The molecule has 1 aliphatic heterocycles. The van der Waals surface area contributed by atoms with E-state index in [9.17, 15) is 4.79 Å². The van der Waals surface area contributed by atoms with E-state index in [1.807, 2.05) is 0 Å². The Morgan fingerprint density at radius 2 is 2.09 bits per heavy atom. The Labute approximate surface area is 143 Å². The fourth-order valence-electron chi connectivity index (χ4n) is 2.69. The molecule has 1 saturated heterocycles. The molecule has 0 spiro atoms. The van der Waals surface area contributed by atoms with Crippen LogP contribution in [0.3, 0.4) is 0 Å². The zero-order chi connectivity index (χ0) is 15.3. The van der Waals surface area contributed by atoms with Gasteiger partial charge in [0.25, 0.3) is 5.91 Å². The molecule has 2 rings (SSSR count). The van der Waals surface area contributed by atoms with Crippen LogP contribution in [0.1, 0.15) is 24.0 Å². The second-order valence-electron chi connectivity index (χ2n) is 5.45. The van der Waals surface area contributed by atoms with Crippen LogP contribution in [0.25, 0.3) is 0 Å². The van der Waals surface area contributed by atoms with Crippen LogP contribution in [0.4, 0.5) is 0 Å². The summed E-state index contributed by atoms with van der Waals surface area (Å²) in [5.74, 6) is -0.000807. The predicted molar refractivity (Wildman–Crippen MR) is 93.9 cm³/mol. The Hall–Kier alpha value is -0.750. The minimum atomic E-state index is -0.671. The van der Waals surface area contributed by atoms with Crippen LogP contribution in [-0.4, -0.2) is 38.0 Å². The summed E-state index contributed by atoms with van der Waals surface area (Å²) < 4.78 is 5.55. The third kappa shape index (κ3) is 4.38. The molecule has 4 nitrogen and oxygen atoms in total. The van der Waals surface area contributed by atoms with Gasteiger partial charge in [0.1, 0.15) is 5.60 Å². The van der Waals surface area contributed by atoms with Crippen molar-refractivity contribution < 1.29 is 9.53 Å². The first-order valence-electron chi connectivity index (χ1n) is 7.29. The molecule has 124 valence electrons. The van der Waals surface area contributed by atoms with Gasteiger partial charge in [-0.3, -0.25) is 4.79 Å². The molecule has 2 N–H and O–H groups in total. The van der Waals surface area contributed by atoms with Gasteiger partial charge in [0.2, 0.25) is 0 Å². The number of aryl methyl sites for hydroxylation is 1. The molecule has 1 aromatic carbocycles. The maximum atomic E-state index is 12.5. The van der Waals surface area contributed by atoms with Gasteiger partial charge >= 0.3 is 0 Å². The van der Waals surface area contributed by atoms with Crippen LogP contribution in [0.2, 0.25) is 0 Å². The SMILES string of the molecule is COC1(C(=O)NCc2ccc(C)cc2SC)CCNCC1.Cl. The van der Waals surface area contributed by atoms with Crippen molar-refractivity contribution in [1.29, 1.82) is 0 Å². The van der Waals surface area contributed by atoms with Gasteiger partial charge in [-0.05, 0) is 56.3 Å². The predicted octanol–water partition coefficient (Wildman–Crippen LogP) is 2.52. The topological polar surface area (TPSA) is 50.4 Å². The van der Waals surface area contributed by atoms with E-state index in [-0.39, 0.29) is 18.3 Å². The molecule has 1 aliphatic rings. The van der Waals surface area contributed by atoms with E-state index in [1.165, 1.54) is 10.5 Å². The number of halogens is 1. The summed E-state index contributed by atoms with van der Waals surface area (Å²) in [4.78, 5) is 13.7. The second kappa shape index (κ2) is 8.77. The van der Waals surface area contributed by atoms with Crippen molar-refractivity contribution >= 4 is 30.1 Å². The average Bonchev–Trinajstić information content (AvgIpc) is 2.53. The smallest absolute Gasteiger partial charge is 0.252 e. The van der Waals surface area contributed by atoms with Gasteiger partial charge in [-0.2, -0.15) is 0 Å². The van der Waals surface area contributed by atoms with Gasteiger partial charge < -0.3 is 15.4 Å². The highest BCUT2D eigenvalue weighted by Crippen LogP contribution is 2.24. The molecule has 0 aliphatic carbocycles. The Balaban J connectivity index is 0.00000242. The maximum Gasteiger partial charge on any atom is 0.252 e. The summed E-state index contributed by atoms with van der Waals surface area (Å²) >= 11 is 1.71. The molecule has 0 aromatic heterocycles. The van der Waals surface area contributed by atoms with Crippen molar-refractivity contribution in [1.82, 2.24) is 10.6 Å². The van der Waals surface area contributed by atoms with Crippen LogP contribution in [-0.2, 0) is 16.1 Å². The fourth-order valence-corrected chi connectivity index (χ4v) is 3.40. The van der Waals surface area contributed by atoms with E-state index in [1.54, 1.807) is 18.9 Å². The molecule has 6 heteroatoms. The van der Waals surface area contributed by atoms with E-state index < -0.39 is 5.60 Å². The Morgan fingerprint density at radius 3 is 2.68 bits per heavy atom. The molecule has 1 amide bonds. The quantitative estimate of drug-likeness (QED) is 0.806. The van der Waals surface area contributed by atoms with Gasteiger partial charge in [0, 0.05) is 18.6 Å². The first-order valence-corrected chi connectivity index (χ1v) is 8.51. The van der Waals surface area contributed by atoms with E-state index in [0.29, 0.717) is 6.54 Å². The Morgan fingerprint density at radius 1 is 1.41 bits per heavy atom.